The van der Waals surface area contributed by atoms with Gasteiger partial charge in [0.15, 0.2) is 0 Å². The van der Waals surface area contributed by atoms with Crippen LogP contribution in [0, 0.1) is 6.92 Å². The first-order chi connectivity index (χ1) is 7.54. The van der Waals surface area contributed by atoms with E-state index < -0.39 is 6.10 Å². The molecule has 0 saturated heterocycles. The van der Waals surface area contributed by atoms with Gasteiger partial charge >= 0.3 is 0 Å². The maximum atomic E-state index is 9.24. The quantitative estimate of drug-likeness (QED) is 0.802. The molecule has 16 heavy (non-hydrogen) atoms. The molecule has 1 rings (SSSR count). The molecule has 3 heteroatoms. The molecule has 0 amide bonds. The highest BCUT2D eigenvalue weighted by atomic mass is 16.5. The Hall–Kier alpha value is -1.06. The molecule has 0 saturated carbocycles. The fourth-order valence-corrected chi connectivity index (χ4v) is 1.48. The van der Waals surface area contributed by atoms with Crippen LogP contribution < -0.4 is 4.74 Å². The Morgan fingerprint density at radius 2 is 2.00 bits per heavy atom. The van der Waals surface area contributed by atoms with Gasteiger partial charge in [0.25, 0.3) is 0 Å². The Morgan fingerprint density at radius 3 is 2.56 bits per heavy atom. The van der Waals surface area contributed by atoms with E-state index >= 15 is 0 Å². The Kier molecular flexibility index (Phi) is 4.77. The van der Waals surface area contributed by atoms with Gasteiger partial charge in [-0.3, -0.25) is 0 Å². The topological polar surface area (TPSA) is 49.7 Å². The first-order valence-corrected chi connectivity index (χ1v) is 5.57. The molecule has 0 unspecified atom stereocenters. The molecule has 0 aliphatic heterocycles. The zero-order valence-electron chi connectivity index (χ0n) is 10.1. The van der Waals surface area contributed by atoms with Gasteiger partial charge in [-0.25, -0.2) is 0 Å². The first-order valence-electron chi connectivity index (χ1n) is 5.57. The lowest BCUT2D eigenvalue weighted by molar-refractivity contribution is 0.0532. The average Bonchev–Trinajstić information content (AvgIpc) is 2.25. The van der Waals surface area contributed by atoms with Gasteiger partial charge < -0.3 is 14.9 Å². The highest BCUT2D eigenvalue weighted by molar-refractivity contribution is 5.39. The average molecular weight is 224 g/mol. The van der Waals surface area contributed by atoms with Crippen LogP contribution in [0.25, 0.3) is 0 Å². The van der Waals surface area contributed by atoms with E-state index in [1.807, 2.05) is 25.1 Å². The van der Waals surface area contributed by atoms with E-state index in [0.717, 1.165) is 16.9 Å². The summed E-state index contributed by atoms with van der Waals surface area (Å²) in [7, 11) is 0. The molecule has 90 valence electrons. The predicted octanol–water partition coefficient (Wildman–Crippen LogP) is 1.85. The third-order valence-electron chi connectivity index (χ3n) is 2.43. The zero-order valence-corrected chi connectivity index (χ0v) is 10.1. The van der Waals surface area contributed by atoms with Gasteiger partial charge in [-0.1, -0.05) is 26.0 Å². The zero-order chi connectivity index (χ0) is 12.1. The van der Waals surface area contributed by atoms with Crippen LogP contribution in [0.4, 0.5) is 0 Å². The lowest BCUT2D eigenvalue weighted by Gasteiger charge is -2.16. The summed E-state index contributed by atoms with van der Waals surface area (Å²) in [5, 5.41) is 18.0. The fraction of sp³-hybridized carbons (Fsp3) is 0.538. The van der Waals surface area contributed by atoms with Crippen LogP contribution in [0.5, 0.6) is 5.75 Å². The van der Waals surface area contributed by atoms with Crippen molar-refractivity contribution in [2.45, 2.75) is 32.8 Å². The van der Waals surface area contributed by atoms with Crippen LogP contribution >= 0.6 is 0 Å². The lowest BCUT2D eigenvalue weighted by atomic mass is 10.0. The molecule has 0 aliphatic rings. The summed E-state index contributed by atoms with van der Waals surface area (Å²) >= 11 is 0. The van der Waals surface area contributed by atoms with Crippen LogP contribution in [0.2, 0.25) is 0 Å². The van der Waals surface area contributed by atoms with Crippen molar-refractivity contribution >= 4 is 0 Å². The molecule has 1 aromatic carbocycles. The van der Waals surface area contributed by atoms with E-state index in [4.69, 9.17) is 9.84 Å². The Bertz CT molecular complexity index is 334. The van der Waals surface area contributed by atoms with Crippen LogP contribution in [0.3, 0.4) is 0 Å². The molecule has 0 bridgehead atoms. The Balaban J connectivity index is 2.80. The third-order valence-corrected chi connectivity index (χ3v) is 2.43. The standard InChI is InChI=1S/C13H20O3/c1-9(2)12-5-4-10(3)6-13(12)16-8-11(15)7-14/h4-6,9,11,14-15H,7-8H2,1-3H3/t11-/m1/s1. The molecule has 0 spiro atoms. The predicted molar refractivity (Wildman–Crippen MR) is 63.9 cm³/mol. The molecule has 0 aromatic heterocycles. The van der Waals surface area contributed by atoms with Crippen molar-refractivity contribution in [3.8, 4) is 5.75 Å². The van der Waals surface area contributed by atoms with Crippen molar-refractivity contribution in [2.75, 3.05) is 13.2 Å². The Morgan fingerprint density at radius 1 is 1.31 bits per heavy atom. The number of benzene rings is 1. The smallest absolute Gasteiger partial charge is 0.123 e. The summed E-state index contributed by atoms with van der Waals surface area (Å²) in [5.74, 6) is 1.17. The minimum atomic E-state index is -0.819. The van der Waals surface area contributed by atoms with Crippen molar-refractivity contribution in [1.82, 2.24) is 0 Å². The van der Waals surface area contributed by atoms with Gasteiger partial charge in [0.05, 0.1) is 6.61 Å². The maximum Gasteiger partial charge on any atom is 0.123 e. The molecule has 0 heterocycles. The van der Waals surface area contributed by atoms with Gasteiger partial charge in [-0.2, -0.15) is 0 Å². The molecule has 1 aromatic rings. The van der Waals surface area contributed by atoms with Gasteiger partial charge in [-0.15, -0.1) is 0 Å². The van der Waals surface area contributed by atoms with E-state index in [-0.39, 0.29) is 13.2 Å². The number of aliphatic hydroxyl groups is 2. The SMILES string of the molecule is Cc1ccc(C(C)C)c(OC[C@H](O)CO)c1. The summed E-state index contributed by atoms with van der Waals surface area (Å²) in [5.41, 5.74) is 2.24. The summed E-state index contributed by atoms with van der Waals surface area (Å²) < 4.78 is 5.52. The van der Waals surface area contributed by atoms with Crippen molar-refractivity contribution in [1.29, 1.82) is 0 Å². The monoisotopic (exact) mass is 224 g/mol. The van der Waals surface area contributed by atoms with Gasteiger partial charge in [0.1, 0.15) is 18.5 Å². The highest BCUT2D eigenvalue weighted by Crippen LogP contribution is 2.27. The fourth-order valence-electron chi connectivity index (χ4n) is 1.48. The second kappa shape index (κ2) is 5.87. The maximum absolute atomic E-state index is 9.24. The summed E-state index contributed by atoms with van der Waals surface area (Å²) in [4.78, 5) is 0. The second-order valence-corrected chi connectivity index (χ2v) is 4.34. The van der Waals surface area contributed by atoms with Gasteiger partial charge in [0, 0.05) is 0 Å². The molecule has 0 aliphatic carbocycles. The number of aliphatic hydroxyl groups excluding tert-OH is 2. The molecule has 0 radical (unpaired) electrons. The second-order valence-electron chi connectivity index (χ2n) is 4.34. The van der Waals surface area contributed by atoms with Crippen LogP contribution in [0.1, 0.15) is 30.9 Å². The van der Waals surface area contributed by atoms with E-state index in [0.29, 0.717) is 5.92 Å². The van der Waals surface area contributed by atoms with Crippen molar-refractivity contribution < 1.29 is 14.9 Å². The molecule has 0 fully saturated rings. The molecule has 3 nitrogen and oxygen atoms in total. The van der Waals surface area contributed by atoms with E-state index in [1.165, 1.54) is 0 Å². The van der Waals surface area contributed by atoms with Gasteiger partial charge in [-0.05, 0) is 30.0 Å². The number of rotatable bonds is 5. The van der Waals surface area contributed by atoms with Crippen LogP contribution in [0.15, 0.2) is 18.2 Å². The minimum Gasteiger partial charge on any atom is -0.490 e. The Labute approximate surface area is 96.7 Å². The third kappa shape index (κ3) is 3.51. The van der Waals surface area contributed by atoms with Crippen LogP contribution in [-0.2, 0) is 0 Å². The molecular weight excluding hydrogens is 204 g/mol. The molecular formula is C13H20O3. The molecule has 1 atom stereocenters. The van der Waals surface area contributed by atoms with Gasteiger partial charge in [0.2, 0.25) is 0 Å². The number of hydrogen-bond donors (Lipinski definition) is 2. The normalized spacial score (nSPS) is 12.9. The van der Waals surface area contributed by atoms with Crippen molar-refractivity contribution in [3.05, 3.63) is 29.3 Å². The van der Waals surface area contributed by atoms with Crippen molar-refractivity contribution in [2.24, 2.45) is 0 Å². The number of ether oxygens (including phenoxy) is 1. The summed E-state index contributed by atoms with van der Waals surface area (Å²) in [6.45, 7) is 6.04. The molecule has 2 N–H and O–H groups in total. The first kappa shape index (κ1) is 13.0. The lowest BCUT2D eigenvalue weighted by Crippen LogP contribution is -2.21. The van der Waals surface area contributed by atoms with Crippen molar-refractivity contribution in [3.63, 3.8) is 0 Å². The summed E-state index contributed by atoms with van der Waals surface area (Å²) in [6, 6.07) is 6.05. The van der Waals surface area contributed by atoms with Crippen LogP contribution in [-0.4, -0.2) is 29.5 Å². The van der Waals surface area contributed by atoms with E-state index in [1.54, 1.807) is 0 Å². The number of hydrogen-bond acceptors (Lipinski definition) is 3. The largest absolute Gasteiger partial charge is 0.490 e. The summed E-state index contributed by atoms with van der Waals surface area (Å²) in [6.07, 6.45) is -0.819. The van der Waals surface area contributed by atoms with E-state index in [9.17, 15) is 5.11 Å². The number of aryl methyl sites for hydroxylation is 1. The highest BCUT2D eigenvalue weighted by Gasteiger charge is 2.10. The minimum absolute atomic E-state index is 0.125. The van der Waals surface area contributed by atoms with E-state index in [2.05, 4.69) is 13.8 Å².